The van der Waals surface area contributed by atoms with Crippen molar-refractivity contribution < 1.29 is 19.8 Å². The van der Waals surface area contributed by atoms with E-state index in [1.165, 1.54) is 18.4 Å². The third-order valence-electron chi connectivity index (χ3n) is 2.93. The molecule has 6 nitrogen and oxygen atoms in total. The summed E-state index contributed by atoms with van der Waals surface area (Å²) in [5.41, 5.74) is 1.46. The van der Waals surface area contributed by atoms with Crippen molar-refractivity contribution in [2.24, 2.45) is 0 Å². The molecule has 0 aliphatic heterocycles. The lowest BCUT2D eigenvalue weighted by Gasteiger charge is -2.06. The molecule has 0 aromatic carbocycles. The van der Waals surface area contributed by atoms with Gasteiger partial charge in [-0.15, -0.1) is 0 Å². The van der Waals surface area contributed by atoms with Crippen LogP contribution in [0.2, 0.25) is 0 Å². The predicted molar refractivity (Wildman–Crippen MR) is 78.7 cm³/mol. The van der Waals surface area contributed by atoms with E-state index in [-0.39, 0.29) is 5.54 Å². The number of hydrogen-bond donors (Lipinski definition) is 3. The summed E-state index contributed by atoms with van der Waals surface area (Å²) in [5.74, 6) is -2.51. The Morgan fingerprint density at radius 3 is 2.29 bits per heavy atom. The Morgan fingerprint density at radius 2 is 1.90 bits per heavy atom. The van der Waals surface area contributed by atoms with Crippen LogP contribution in [0.5, 0.6) is 0 Å². The molecule has 21 heavy (non-hydrogen) atoms. The van der Waals surface area contributed by atoms with E-state index in [0.717, 1.165) is 0 Å². The molecular weight excluding hydrogens is 272 g/mol. The van der Waals surface area contributed by atoms with Gasteiger partial charge in [-0.2, -0.15) is 0 Å². The first-order valence-electron chi connectivity index (χ1n) is 6.39. The van der Waals surface area contributed by atoms with Crippen molar-refractivity contribution in [1.29, 1.82) is 0 Å². The number of carbonyl (C=O) groups is 2. The largest absolute Gasteiger partial charge is 0.478 e. The number of hydrogen-bond acceptors (Lipinski definition) is 4. The van der Waals surface area contributed by atoms with Crippen LogP contribution >= 0.6 is 0 Å². The number of nitrogens with zero attached hydrogens (tertiary/aromatic N) is 1. The SMILES string of the molecule is CNC1(/C=C/c2cccnc2)CC1.O=C(O)/C=C/C(=O)O. The van der Waals surface area contributed by atoms with Gasteiger partial charge in [-0.1, -0.05) is 18.2 Å². The monoisotopic (exact) mass is 290 g/mol. The molecular formula is C15H18N2O4. The zero-order valence-corrected chi connectivity index (χ0v) is 11.7. The van der Waals surface area contributed by atoms with E-state index in [1.807, 2.05) is 19.3 Å². The summed E-state index contributed by atoms with van der Waals surface area (Å²) in [6.45, 7) is 0. The average molecular weight is 290 g/mol. The van der Waals surface area contributed by atoms with Gasteiger partial charge in [0.1, 0.15) is 0 Å². The fourth-order valence-electron chi connectivity index (χ4n) is 1.51. The molecule has 6 heteroatoms. The van der Waals surface area contributed by atoms with Gasteiger partial charge >= 0.3 is 11.9 Å². The summed E-state index contributed by atoms with van der Waals surface area (Å²) in [6.07, 6.45) is 11.7. The Morgan fingerprint density at radius 1 is 1.29 bits per heavy atom. The summed E-state index contributed by atoms with van der Waals surface area (Å²) in [5, 5.41) is 18.9. The first-order valence-corrected chi connectivity index (χ1v) is 6.39. The van der Waals surface area contributed by atoms with Crippen molar-refractivity contribution in [2.75, 3.05) is 7.05 Å². The van der Waals surface area contributed by atoms with E-state index < -0.39 is 11.9 Å². The molecule has 0 spiro atoms. The molecule has 3 N–H and O–H groups in total. The second-order valence-electron chi connectivity index (χ2n) is 4.54. The smallest absolute Gasteiger partial charge is 0.328 e. The van der Waals surface area contributed by atoms with E-state index in [9.17, 15) is 9.59 Å². The summed E-state index contributed by atoms with van der Waals surface area (Å²) in [4.78, 5) is 23.2. The Balaban J connectivity index is 0.000000240. The third kappa shape index (κ3) is 7.03. The number of nitrogens with one attached hydrogen (secondary N) is 1. The van der Waals surface area contributed by atoms with E-state index in [1.54, 1.807) is 6.20 Å². The Labute approximate surface area is 122 Å². The van der Waals surface area contributed by atoms with Gasteiger partial charge in [-0.05, 0) is 31.5 Å². The highest BCUT2D eigenvalue weighted by Crippen LogP contribution is 2.36. The van der Waals surface area contributed by atoms with Crippen molar-refractivity contribution in [3.8, 4) is 0 Å². The van der Waals surface area contributed by atoms with Gasteiger partial charge in [0, 0.05) is 30.1 Å². The van der Waals surface area contributed by atoms with Crippen molar-refractivity contribution in [1.82, 2.24) is 10.3 Å². The molecule has 1 aromatic rings. The van der Waals surface area contributed by atoms with Crippen LogP contribution in [0.4, 0.5) is 0 Å². The molecule has 1 aliphatic carbocycles. The molecule has 2 rings (SSSR count). The maximum atomic E-state index is 9.55. The predicted octanol–water partition coefficient (Wildman–Crippen LogP) is 1.56. The third-order valence-corrected chi connectivity index (χ3v) is 2.93. The van der Waals surface area contributed by atoms with E-state index >= 15 is 0 Å². The zero-order valence-electron chi connectivity index (χ0n) is 11.7. The Hall–Kier alpha value is -2.47. The molecule has 0 saturated heterocycles. The minimum Gasteiger partial charge on any atom is -0.478 e. The maximum absolute atomic E-state index is 9.55. The molecule has 0 unspecified atom stereocenters. The highest BCUT2D eigenvalue weighted by Gasteiger charge is 2.37. The van der Waals surface area contributed by atoms with Crippen LogP contribution in [0, 0.1) is 0 Å². The Kier molecular flexibility index (Phi) is 6.29. The Bertz CT molecular complexity index is 518. The molecule has 1 aromatic heterocycles. The van der Waals surface area contributed by atoms with Crippen molar-refractivity contribution >= 4 is 18.0 Å². The molecule has 1 heterocycles. The summed E-state index contributed by atoms with van der Waals surface area (Å²) < 4.78 is 0. The molecule has 0 bridgehead atoms. The number of aliphatic carboxylic acids is 2. The van der Waals surface area contributed by atoms with E-state index in [0.29, 0.717) is 12.2 Å². The van der Waals surface area contributed by atoms with Crippen LogP contribution in [-0.2, 0) is 9.59 Å². The normalized spacial score (nSPS) is 15.5. The summed E-state index contributed by atoms with van der Waals surface area (Å²) in [7, 11) is 2.01. The fourth-order valence-corrected chi connectivity index (χ4v) is 1.51. The first kappa shape index (κ1) is 16.6. The van der Waals surface area contributed by atoms with Gasteiger partial charge in [0.25, 0.3) is 0 Å². The first-order chi connectivity index (χ1) is 9.97. The molecule has 0 atom stereocenters. The zero-order chi connectivity index (χ0) is 15.7. The standard InChI is InChI=1S/C11H14N2.C4H4O4/c1-12-11(6-7-11)5-4-10-3-2-8-13-9-10;5-3(6)1-2-4(7)8/h2-5,8-9,12H,6-7H2,1H3;1-2H,(H,5,6)(H,7,8)/b5-4+;2-1+. The lowest BCUT2D eigenvalue weighted by atomic mass is 10.2. The van der Waals surface area contributed by atoms with Gasteiger partial charge in [-0.25, -0.2) is 9.59 Å². The van der Waals surface area contributed by atoms with Crippen LogP contribution in [0.15, 0.2) is 42.8 Å². The van der Waals surface area contributed by atoms with Gasteiger partial charge in [0.15, 0.2) is 0 Å². The quantitative estimate of drug-likeness (QED) is 0.712. The molecule has 1 aliphatic rings. The highest BCUT2D eigenvalue weighted by molar-refractivity contribution is 5.89. The second-order valence-corrected chi connectivity index (χ2v) is 4.54. The van der Waals surface area contributed by atoms with Gasteiger partial charge in [0.2, 0.25) is 0 Å². The topological polar surface area (TPSA) is 99.5 Å². The van der Waals surface area contributed by atoms with Crippen LogP contribution in [-0.4, -0.2) is 39.7 Å². The minimum absolute atomic E-state index is 0.288. The highest BCUT2D eigenvalue weighted by atomic mass is 16.4. The van der Waals surface area contributed by atoms with Crippen molar-refractivity contribution in [3.63, 3.8) is 0 Å². The molecule has 112 valence electrons. The fraction of sp³-hybridized carbons (Fsp3) is 0.267. The second kappa shape index (κ2) is 7.96. The molecule has 0 amide bonds. The van der Waals surface area contributed by atoms with Gasteiger partial charge in [0.05, 0.1) is 0 Å². The maximum Gasteiger partial charge on any atom is 0.328 e. The molecule has 1 fully saturated rings. The van der Waals surface area contributed by atoms with Gasteiger partial charge in [-0.3, -0.25) is 4.98 Å². The number of likely N-dealkylation sites (N-methyl/N-ethyl adjacent to an activating group) is 1. The van der Waals surface area contributed by atoms with Crippen LogP contribution < -0.4 is 5.32 Å². The van der Waals surface area contributed by atoms with Crippen molar-refractivity contribution in [2.45, 2.75) is 18.4 Å². The number of rotatable bonds is 5. The molecule has 0 radical (unpaired) electrons. The average Bonchev–Trinajstić information content (AvgIpc) is 3.25. The van der Waals surface area contributed by atoms with Gasteiger partial charge < -0.3 is 15.5 Å². The summed E-state index contributed by atoms with van der Waals surface area (Å²) >= 11 is 0. The molecule has 1 saturated carbocycles. The van der Waals surface area contributed by atoms with E-state index in [4.69, 9.17) is 10.2 Å². The van der Waals surface area contributed by atoms with Crippen LogP contribution in [0.25, 0.3) is 6.08 Å². The minimum atomic E-state index is -1.26. The lowest BCUT2D eigenvalue weighted by molar-refractivity contribution is -0.134. The number of pyridine rings is 1. The number of carboxylic acids is 2. The number of aromatic nitrogens is 1. The van der Waals surface area contributed by atoms with Crippen LogP contribution in [0.3, 0.4) is 0 Å². The lowest BCUT2D eigenvalue weighted by Crippen LogP contribution is -2.23. The van der Waals surface area contributed by atoms with E-state index in [2.05, 4.69) is 28.5 Å². The summed E-state index contributed by atoms with van der Waals surface area (Å²) in [6, 6.07) is 4.02. The van der Waals surface area contributed by atoms with Crippen molar-refractivity contribution in [3.05, 3.63) is 48.3 Å². The number of carboxylic acid groups (broad SMARTS) is 2. The van der Waals surface area contributed by atoms with Crippen LogP contribution in [0.1, 0.15) is 18.4 Å².